The molecule has 3 N–H and O–H groups in total. The maximum atomic E-state index is 10.7. The van der Waals surface area contributed by atoms with E-state index in [1.807, 2.05) is 0 Å². The highest BCUT2D eigenvalue weighted by atomic mass is 35.5. The van der Waals surface area contributed by atoms with Gasteiger partial charge in [0.25, 0.3) is 5.69 Å². The molecule has 18 heavy (non-hydrogen) atoms. The van der Waals surface area contributed by atoms with Gasteiger partial charge < -0.3 is 11.1 Å². The lowest BCUT2D eigenvalue weighted by atomic mass is 9.91. The van der Waals surface area contributed by atoms with Crippen molar-refractivity contribution in [2.24, 2.45) is 5.73 Å². The number of nitrogens with two attached hydrogens (primary N) is 1. The third-order valence-electron chi connectivity index (χ3n) is 3.29. The summed E-state index contributed by atoms with van der Waals surface area (Å²) in [5.41, 5.74) is 6.52. The first-order valence-corrected chi connectivity index (χ1v) is 6.40. The van der Waals surface area contributed by atoms with Crippen molar-refractivity contribution in [2.75, 3.05) is 5.32 Å². The van der Waals surface area contributed by atoms with Gasteiger partial charge in [-0.1, -0.05) is 11.6 Å². The van der Waals surface area contributed by atoms with E-state index in [0.29, 0.717) is 16.8 Å². The molecule has 1 saturated carbocycles. The van der Waals surface area contributed by atoms with E-state index in [4.69, 9.17) is 17.3 Å². The lowest BCUT2D eigenvalue weighted by Gasteiger charge is -2.27. The van der Waals surface area contributed by atoms with Crippen LogP contribution in [0.3, 0.4) is 0 Å². The van der Waals surface area contributed by atoms with Crippen LogP contribution >= 0.6 is 11.6 Å². The first-order valence-electron chi connectivity index (χ1n) is 6.02. The predicted molar refractivity (Wildman–Crippen MR) is 72.0 cm³/mol. The van der Waals surface area contributed by atoms with Crippen LogP contribution in [0.25, 0.3) is 0 Å². The average molecular weight is 270 g/mol. The molecule has 2 rings (SSSR count). The van der Waals surface area contributed by atoms with E-state index >= 15 is 0 Å². The molecule has 6 heteroatoms. The molecular formula is C12H16ClN3O2. The Morgan fingerprint density at radius 3 is 2.61 bits per heavy atom. The molecule has 0 atom stereocenters. The molecule has 1 aliphatic rings. The summed E-state index contributed by atoms with van der Waals surface area (Å²) in [6, 6.07) is 5.02. The molecule has 0 heterocycles. The van der Waals surface area contributed by atoms with Crippen LogP contribution in [0.5, 0.6) is 0 Å². The number of halogens is 1. The topological polar surface area (TPSA) is 81.2 Å². The molecule has 0 spiro atoms. The lowest BCUT2D eigenvalue weighted by Crippen LogP contribution is -2.32. The Hall–Kier alpha value is -1.33. The van der Waals surface area contributed by atoms with Crippen LogP contribution in [-0.4, -0.2) is 17.0 Å². The first kappa shape index (κ1) is 13.1. The number of nitrogens with zero attached hydrogens (tertiary/aromatic N) is 1. The standard InChI is InChI=1S/C12H16ClN3O2/c13-11-6-5-10(16(17)18)7-12(11)15-9-3-1-8(14)2-4-9/h5-9,15H,1-4,14H2. The van der Waals surface area contributed by atoms with Gasteiger partial charge in [-0.3, -0.25) is 10.1 Å². The van der Waals surface area contributed by atoms with Crippen molar-refractivity contribution in [2.45, 2.75) is 37.8 Å². The summed E-state index contributed by atoms with van der Waals surface area (Å²) < 4.78 is 0. The average Bonchev–Trinajstić information content (AvgIpc) is 2.34. The monoisotopic (exact) mass is 269 g/mol. The number of anilines is 1. The van der Waals surface area contributed by atoms with Crippen molar-refractivity contribution < 1.29 is 4.92 Å². The Kier molecular flexibility index (Phi) is 4.04. The van der Waals surface area contributed by atoms with Crippen LogP contribution in [0.1, 0.15) is 25.7 Å². The van der Waals surface area contributed by atoms with Gasteiger partial charge in [-0.05, 0) is 31.7 Å². The zero-order chi connectivity index (χ0) is 13.1. The molecule has 1 aromatic carbocycles. The van der Waals surface area contributed by atoms with E-state index in [1.165, 1.54) is 12.1 Å². The number of hydrogen-bond donors (Lipinski definition) is 2. The van der Waals surface area contributed by atoms with Gasteiger partial charge >= 0.3 is 0 Å². The molecule has 0 unspecified atom stereocenters. The Balaban J connectivity index is 2.08. The Morgan fingerprint density at radius 1 is 1.33 bits per heavy atom. The van der Waals surface area contributed by atoms with Crippen LogP contribution in [0.2, 0.25) is 5.02 Å². The third-order valence-corrected chi connectivity index (χ3v) is 3.62. The van der Waals surface area contributed by atoms with Gasteiger partial charge in [0.2, 0.25) is 0 Å². The molecule has 1 aromatic rings. The SMILES string of the molecule is NC1CCC(Nc2cc([N+](=O)[O-])ccc2Cl)CC1. The molecule has 0 bridgehead atoms. The second-order valence-corrected chi connectivity index (χ2v) is 5.08. The maximum Gasteiger partial charge on any atom is 0.271 e. The fraction of sp³-hybridized carbons (Fsp3) is 0.500. The second-order valence-electron chi connectivity index (χ2n) is 4.68. The van der Waals surface area contributed by atoms with E-state index in [0.717, 1.165) is 25.7 Å². The summed E-state index contributed by atoms with van der Waals surface area (Å²) in [7, 11) is 0. The van der Waals surface area contributed by atoms with Crippen molar-refractivity contribution in [3.05, 3.63) is 33.3 Å². The molecule has 1 fully saturated rings. The fourth-order valence-electron chi connectivity index (χ4n) is 2.22. The highest BCUT2D eigenvalue weighted by Gasteiger charge is 2.19. The van der Waals surface area contributed by atoms with Gasteiger partial charge in [0, 0.05) is 24.2 Å². The lowest BCUT2D eigenvalue weighted by molar-refractivity contribution is -0.384. The van der Waals surface area contributed by atoms with E-state index in [1.54, 1.807) is 6.07 Å². The summed E-state index contributed by atoms with van der Waals surface area (Å²) in [6.45, 7) is 0. The zero-order valence-electron chi connectivity index (χ0n) is 9.93. The minimum absolute atomic E-state index is 0.0504. The largest absolute Gasteiger partial charge is 0.381 e. The van der Waals surface area contributed by atoms with Crippen molar-refractivity contribution in [1.82, 2.24) is 0 Å². The van der Waals surface area contributed by atoms with Crippen molar-refractivity contribution >= 4 is 23.0 Å². The minimum atomic E-state index is -0.418. The smallest absolute Gasteiger partial charge is 0.271 e. The van der Waals surface area contributed by atoms with Crippen LogP contribution in [0.15, 0.2) is 18.2 Å². The molecule has 0 aromatic heterocycles. The summed E-state index contributed by atoms with van der Waals surface area (Å²) in [5, 5.41) is 14.5. The van der Waals surface area contributed by atoms with Crippen LogP contribution in [0.4, 0.5) is 11.4 Å². The number of benzene rings is 1. The van der Waals surface area contributed by atoms with Gasteiger partial charge in [-0.15, -0.1) is 0 Å². The summed E-state index contributed by atoms with van der Waals surface area (Å²) >= 11 is 6.04. The van der Waals surface area contributed by atoms with Crippen molar-refractivity contribution in [3.8, 4) is 0 Å². The van der Waals surface area contributed by atoms with Gasteiger partial charge in [0.1, 0.15) is 0 Å². The van der Waals surface area contributed by atoms with Gasteiger partial charge in [-0.25, -0.2) is 0 Å². The maximum absolute atomic E-state index is 10.7. The molecule has 1 aliphatic carbocycles. The molecule has 98 valence electrons. The molecule has 5 nitrogen and oxygen atoms in total. The summed E-state index contributed by atoms with van der Waals surface area (Å²) in [6.07, 6.45) is 3.90. The van der Waals surface area contributed by atoms with Crippen LogP contribution in [0, 0.1) is 10.1 Å². The third kappa shape index (κ3) is 3.11. The highest BCUT2D eigenvalue weighted by Crippen LogP contribution is 2.29. The number of non-ortho nitro benzene ring substituents is 1. The quantitative estimate of drug-likeness (QED) is 0.653. The number of nitrogens with one attached hydrogen (secondary N) is 1. The van der Waals surface area contributed by atoms with E-state index in [2.05, 4.69) is 5.32 Å². The highest BCUT2D eigenvalue weighted by molar-refractivity contribution is 6.33. The zero-order valence-corrected chi connectivity index (χ0v) is 10.7. The Bertz CT molecular complexity index is 445. The van der Waals surface area contributed by atoms with Gasteiger partial charge in [0.05, 0.1) is 15.6 Å². The summed E-state index contributed by atoms with van der Waals surface area (Å²) in [5.74, 6) is 0. The molecule has 0 radical (unpaired) electrons. The minimum Gasteiger partial charge on any atom is -0.381 e. The fourth-order valence-corrected chi connectivity index (χ4v) is 2.39. The van der Waals surface area contributed by atoms with Gasteiger partial charge in [0.15, 0.2) is 0 Å². The molecule has 0 amide bonds. The number of nitro benzene ring substituents is 1. The molecule has 0 saturated heterocycles. The number of nitro groups is 1. The van der Waals surface area contributed by atoms with Gasteiger partial charge in [-0.2, -0.15) is 0 Å². The summed E-state index contributed by atoms with van der Waals surface area (Å²) in [4.78, 5) is 10.3. The molecular weight excluding hydrogens is 254 g/mol. The predicted octanol–water partition coefficient (Wildman–Crippen LogP) is 2.93. The number of hydrogen-bond acceptors (Lipinski definition) is 4. The number of rotatable bonds is 3. The first-order chi connectivity index (χ1) is 8.56. The van der Waals surface area contributed by atoms with Crippen LogP contribution < -0.4 is 11.1 Å². The van der Waals surface area contributed by atoms with E-state index in [-0.39, 0.29) is 11.7 Å². The van der Waals surface area contributed by atoms with E-state index in [9.17, 15) is 10.1 Å². The Labute approximate surface area is 110 Å². The van der Waals surface area contributed by atoms with Crippen molar-refractivity contribution in [3.63, 3.8) is 0 Å². The van der Waals surface area contributed by atoms with Crippen molar-refractivity contribution in [1.29, 1.82) is 0 Å². The Morgan fingerprint density at radius 2 is 2.00 bits per heavy atom. The second kappa shape index (κ2) is 5.54. The normalized spacial score (nSPS) is 23.7. The molecule has 0 aliphatic heterocycles. The van der Waals surface area contributed by atoms with E-state index < -0.39 is 4.92 Å². The van der Waals surface area contributed by atoms with Crippen LogP contribution in [-0.2, 0) is 0 Å².